The van der Waals surface area contributed by atoms with Crippen LogP contribution in [0.3, 0.4) is 0 Å². The summed E-state index contributed by atoms with van der Waals surface area (Å²) in [4.78, 5) is 29.1. The Morgan fingerprint density at radius 1 is 1.10 bits per heavy atom. The molecule has 0 bridgehead atoms. The third kappa shape index (κ3) is 7.15. The fourth-order valence-corrected chi connectivity index (χ4v) is 5.29. The summed E-state index contributed by atoms with van der Waals surface area (Å²) in [6, 6.07) is 2.04. The minimum atomic E-state index is -1.16. The molecule has 0 saturated carbocycles. The lowest BCUT2D eigenvalue weighted by Gasteiger charge is -2.32. The van der Waals surface area contributed by atoms with Gasteiger partial charge in [-0.25, -0.2) is 23.1 Å². The van der Waals surface area contributed by atoms with Crippen molar-refractivity contribution in [1.29, 1.82) is 0 Å². The van der Waals surface area contributed by atoms with Crippen LogP contribution in [-0.4, -0.2) is 69.9 Å². The van der Waals surface area contributed by atoms with Crippen molar-refractivity contribution in [2.75, 3.05) is 37.7 Å². The Morgan fingerprint density at radius 2 is 1.80 bits per heavy atom. The molecule has 5 rings (SSSR count). The van der Waals surface area contributed by atoms with E-state index in [-0.39, 0.29) is 25.3 Å². The average Bonchev–Trinajstić information content (AvgIpc) is 3.60. The minimum absolute atomic E-state index is 0.0359. The standard InChI is InChI=1S/C29H35F3N6O3/c1-18(2)12-25-35-27(36-41-25)20-15-33-29(34-16-20)37-8-5-19(6-9-37)4-3-11-40-22-13-23(31)26(24(32)14-22)28(39)38-10-7-21(30)17-38/h13-16,18-19,21H,3-12,17H2,1-2H3/t21-/m0/s1. The zero-order valence-electron chi connectivity index (χ0n) is 23.4. The summed E-state index contributed by atoms with van der Waals surface area (Å²) in [7, 11) is 0. The van der Waals surface area contributed by atoms with Gasteiger partial charge < -0.3 is 19.1 Å². The first kappa shape index (κ1) is 28.8. The van der Waals surface area contributed by atoms with E-state index in [2.05, 4.69) is 38.9 Å². The van der Waals surface area contributed by atoms with Gasteiger partial charge in [-0.05, 0) is 43.9 Å². The first-order chi connectivity index (χ1) is 19.8. The number of alkyl halides is 1. The van der Waals surface area contributed by atoms with E-state index in [1.165, 1.54) is 0 Å². The summed E-state index contributed by atoms with van der Waals surface area (Å²) in [5.74, 6) is -0.103. The summed E-state index contributed by atoms with van der Waals surface area (Å²) < 4.78 is 53.4. The van der Waals surface area contributed by atoms with Crippen molar-refractivity contribution in [3.8, 4) is 17.1 Å². The van der Waals surface area contributed by atoms with Crippen molar-refractivity contribution in [2.45, 2.75) is 58.5 Å². The predicted molar refractivity (Wildman–Crippen MR) is 145 cm³/mol. The van der Waals surface area contributed by atoms with E-state index in [9.17, 15) is 18.0 Å². The summed E-state index contributed by atoms with van der Waals surface area (Å²) in [5.41, 5.74) is 0.0485. The van der Waals surface area contributed by atoms with Crippen LogP contribution in [0.4, 0.5) is 19.1 Å². The van der Waals surface area contributed by atoms with Gasteiger partial charge in [-0.2, -0.15) is 4.98 Å². The van der Waals surface area contributed by atoms with Crippen molar-refractivity contribution in [1.82, 2.24) is 25.0 Å². The zero-order valence-corrected chi connectivity index (χ0v) is 23.4. The molecule has 2 aliphatic rings. The molecule has 220 valence electrons. The van der Waals surface area contributed by atoms with E-state index in [1.54, 1.807) is 12.4 Å². The van der Waals surface area contributed by atoms with Gasteiger partial charge in [-0.15, -0.1) is 0 Å². The van der Waals surface area contributed by atoms with E-state index >= 15 is 0 Å². The van der Waals surface area contributed by atoms with Crippen molar-refractivity contribution < 1.29 is 27.2 Å². The lowest BCUT2D eigenvalue weighted by molar-refractivity contribution is 0.0773. The molecule has 0 spiro atoms. The van der Waals surface area contributed by atoms with Gasteiger partial charge in [0.1, 0.15) is 29.1 Å². The molecule has 0 aliphatic carbocycles. The van der Waals surface area contributed by atoms with Crippen LogP contribution in [0.1, 0.15) is 62.2 Å². The van der Waals surface area contributed by atoms with E-state index in [4.69, 9.17) is 9.26 Å². The van der Waals surface area contributed by atoms with Crippen molar-refractivity contribution >= 4 is 11.9 Å². The number of carbonyl (C=O) groups is 1. The van der Waals surface area contributed by atoms with Crippen LogP contribution < -0.4 is 9.64 Å². The molecular weight excluding hydrogens is 537 g/mol. The Labute approximate surface area is 237 Å². The molecule has 4 heterocycles. The molecule has 3 aromatic rings. The number of halogens is 3. The van der Waals surface area contributed by atoms with Crippen LogP contribution in [0.2, 0.25) is 0 Å². The highest BCUT2D eigenvalue weighted by Gasteiger charge is 2.30. The Balaban J connectivity index is 1.04. The van der Waals surface area contributed by atoms with Gasteiger partial charge >= 0.3 is 0 Å². The van der Waals surface area contributed by atoms with Gasteiger partial charge in [-0.1, -0.05) is 19.0 Å². The maximum Gasteiger partial charge on any atom is 0.259 e. The summed E-state index contributed by atoms with van der Waals surface area (Å²) in [6.45, 7) is 6.16. The number of nitrogens with zero attached hydrogens (tertiary/aromatic N) is 6. The van der Waals surface area contributed by atoms with Crippen LogP contribution in [0.15, 0.2) is 29.0 Å². The molecule has 9 nitrogen and oxygen atoms in total. The minimum Gasteiger partial charge on any atom is -0.493 e. The highest BCUT2D eigenvalue weighted by atomic mass is 19.1. The molecular formula is C29H35F3N6O3. The second-order valence-corrected chi connectivity index (χ2v) is 11.2. The van der Waals surface area contributed by atoms with Gasteiger partial charge in [0.05, 0.1) is 18.7 Å². The van der Waals surface area contributed by atoms with E-state index in [0.717, 1.165) is 62.2 Å². The molecule has 2 aromatic heterocycles. The monoisotopic (exact) mass is 572 g/mol. The molecule has 1 aromatic carbocycles. The molecule has 41 heavy (non-hydrogen) atoms. The maximum atomic E-state index is 14.6. The third-order valence-corrected chi connectivity index (χ3v) is 7.52. The van der Waals surface area contributed by atoms with Crippen LogP contribution in [0.5, 0.6) is 5.75 Å². The Morgan fingerprint density at radius 3 is 2.44 bits per heavy atom. The lowest BCUT2D eigenvalue weighted by atomic mass is 9.92. The van der Waals surface area contributed by atoms with Crippen LogP contribution in [0.25, 0.3) is 11.4 Å². The van der Waals surface area contributed by atoms with Crippen LogP contribution >= 0.6 is 0 Å². The molecule has 2 aliphatic heterocycles. The molecule has 1 amide bonds. The molecule has 2 fully saturated rings. The number of benzene rings is 1. The molecule has 0 radical (unpaired) electrons. The number of hydrogen-bond acceptors (Lipinski definition) is 8. The number of carbonyl (C=O) groups excluding carboxylic acids is 1. The SMILES string of the molecule is CC(C)Cc1nc(-c2cnc(N3CCC(CCCOc4cc(F)c(C(=O)N5CC[C@H](F)C5)c(F)c4)CC3)nc2)no1. The maximum absolute atomic E-state index is 14.6. The molecule has 12 heteroatoms. The van der Waals surface area contributed by atoms with Crippen LogP contribution in [0, 0.1) is 23.5 Å². The molecule has 0 N–H and O–H groups in total. The molecule has 1 atom stereocenters. The Kier molecular flexibility index (Phi) is 9.04. The zero-order chi connectivity index (χ0) is 28.9. The van der Waals surface area contributed by atoms with Crippen molar-refractivity contribution in [2.24, 2.45) is 11.8 Å². The second kappa shape index (κ2) is 12.9. The largest absolute Gasteiger partial charge is 0.493 e. The lowest BCUT2D eigenvalue weighted by Crippen LogP contribution is -2.34. The van der Waals surface area contributed by atoms with Gasteiger partial charge in [0.25, 0.3) is 5.91 Å². The smallest absolute Gasteiger partial charge is 0.259 e. The molecule has 0 unspecified atom stereocenters. The summed E-state index contributed by atoms with van der Waals surface area (Å²) in [6.07, 6.45) is 6.79. The normalized spacial score (nSPS) is 18.0. The number of ether oxygens (including phenoxy) is 1. The predicted octanol–water partition coefficient (Wildman–Crippen LogP) is 5.26. The number of amides is 1. The van der Waals surface area contributed by atoms with E-state index in [1.807, 2.05) is 0 Å². The highest BCUT2D eigenvalue weighted by molar-refractivity contribution is 5.95. The second-order valence-electron chi connectivity index (χ2n) is 11.2. The van der Waals surface area contributed by atoms with Crippen molar-refractivity contribution in [3.63, 3.8) is 0 Å². The quantitative estimate of drug-likeness (QED) is 0.304. The van der Waals surface area contributed by atoms with Gasteiger partial charge in [-0.3, -0.25) is 4.79 Å². The summed E-state index contributed by atoms with van der Waals surface area (Å²) >= 11 is 0. The van der Waals surface area contributed by atoms with Gasteiger partial charge in [0.15, 0.2) is 0 Å². The van der Waals surface area contributed by atoms with E-state index < -0.39 is 29.3 Å². The number of rotatable bonds is 10. The van der Waals surface area contributed by atoms with E-state index in [0.29, 0.717) is 41.7 Å². The first-order valence-electron chi connectivity index (χ1n) is 14.2. The summed E-state index contributed by atoms with van der Waals surface area (Å²) in [5, 5.41) is 4.03. The van der Waals surface area contributed by atoms with Gasteiger partial charge in [0, 0.05) is 50.6 Å². The fraction of sp³-hybridized carbons (Fsp3) is 0.552. The third-order valence-electron chi connectivity index (χ3n) is 7.52. The number of likely N-dealkylation sites (tertiary alicyclic amines) is 1. The number of anilines is 1. The fourth-order valence-electron chi connectivity index (χ4n) is 5.29. The number of piperidine rings is 1. The average molecular weight is 573 g/mol. The Bertz CT molecular complexity index is 1300. The topological polar surface area (TPSA) is 97.5 Å². The number of aromatic nitrogens is 4. The molecule has 2 saturated heterocycles. The van der Waals surface area contributed by atoms with Gasteiger partial charge in [0.2, 0.25) is 17.7 Å². The van der Waals surface area contributed by atoms with Crippen molar-refractivity contribution in [3.05, 3.63) is 47.6 Å². The highest BCUT2D eigenvalue weighted by Crippen LogP contribution is 2.27. The number of hydrogen-bond donors (Lipinski definition) is 0. The van der Waals surface area contributed by atoms with Crippen LogP contribution in [-0.2, 0) is 6.42 Å². The first-order valence-corrected chi connectivity index (χ1v) is 14.2. The Hall–Kier alpha value is -3.70.